The van der Waals surface area contributed by atoms with Crippen molar-refractivity contribution < 1.29 is 9.59 Å². The second-order valence-electron chi connectivity index (χ2n) is 7.12. The molecular formula is C20H28N2O2S. The molecule has 0 radical (unpaired) electrons. The smallest absolute Gasteiger partial charge is 0.230 e. The van der Waals surface area contributed by atoms with Crippen LogP contribution in [0.2, 0.25) is 0 Å². The van der Waals surface area contributed by atoms with Crippen molar-refractivity contribution in [1.82, 2.24) is 9.80 Å². The Morgan fingerprint density at radius 2 is 1.92 bits per heavy atom. The lowest BCUT2D eigenvalue weighted by Crippen LogP contribution is -2.52. The van der Waals surface area contributed by atoms with Gasteiger partial charge in [-0.2, -0.15) is 11.8 Å². The average molecular weight is 361 g/mol. The monoisotopic (exact) mass is 360 g/mol. The predicted octanol–water partition coefficient (Wildman–Crippen LogP) is 3.14. The van der Waals surface area contributed by atoms with Gasteiger partial charge in [0.2, 0.25) is 11.8 Å². The van der Waals surface area contributed by atoms with Crippen LogP contribution >= 0.6 is 11.8 Å². The van der Waals surface area contributed by atoms with Gasteiger partial charge < -0.3 is 9.80 Å². The Morgan fingerprint density at radius 1 is 1.24 bits per heavy atom. The van der Waals surface area contributed by atoms with Gasteiger partial charge in [-0.25, -0.2) is 0 Å². The molecule has 1 spiro atoms. The Labute approximate surface area is 154 Å². The summed E-state index contributed by atoms with van der Waals surface area (Å²) < 4.78 is 0. The number of likely N-dealkylation sites (N-methyl/N-ethyl adjacent to an activating group) is 1. The highest BCUT2D eigenvalue weighted by Gasteiger charge is 2.50. The van der Waals surface area contributed by atoms with Crippen molar-refractivity contribution in [2.45, 2.75) is 44.1 Å². The number of nitrogens with zero attached hydrogens (tertiary/aromatic N) is 2. The summed E-state index contributed by atoms with van der Waals surface area (Å²) in [6, 6.07) is 10.1. The number of carbonyl (C=O) groups is 2. The van der Waals surface area contributed by atoms with E-state index < -0.39 is 0 Å². The molecule has 0 saturated carbocycles. The highest BCUT2D eigenvalue weighted by Crippen LogP contribution is 2.44. The first kappa shape index (κ1) is 18.3. The summed E-state index contributed by atoms with van der Waals surface area (Å²) >= 11 is 1.82. The zero-order valence-electron chi connectivity index (χ0n) is 15.2. The van der Waals surface area contributed by atoms with Gasteiger partial charge in [-0.15, -0.1) is 0 Å². The van der Waals surface area contributed by atoms with E-state index in [9.17, 15) is 9.59 Å². The van der Waals surface area contributed by atoms with E-state index in [1.807, 2.05) is 46.8 Å². The molecule has 3 rings (SSSR count). The van der Waals surface area contributed by atoms with Crippen LogP contribution in [0.25, 0.3) is 0 Å². The molecule has 5 heteroatoms. The highest BCUT2D eigenvalue weighted by atomic mass is 32.2. The summed E-state index contributed by atoms with van der Waals surface area (Å²) in [6.45, 7) is 3.67. The van der Waals surface area contributed by atoms with Gasteiger partial charge in [0, 0.05) is 37.8 Å². The largest absolute Gasteiger partial charge is 0.342 e. The molecular weight excluding hydrogens is 332 g/mol. The van der Waals surface area contributed by atoms with Crippen LogP contribution in [0.5, 0.6) is 0 Å². The van der Waals surface area contributed by atoms with Crippen molar-refractivity contribution in [1.29, 1.82) is 0 Å². The maximum atomic E-state index is 12.8. The maximum absolute atomic E-state index is 12.8. The summed E-state index contributed by atoms with van der Waals surface area (Å²) in [5, 5.41) is 0. The molecule has 2 saturated heterocycles. The molecule has 136 valence electrons. The lowest BCUT2D eigenvalue weighted by atomic mass is 9.81. The van der Waals surface area contributed by atoms with Gasteiger partial charge in [0.15, 0.2) is 0 Å². The van der Waals surface area contributed by atoms with Crippen molar-refractivity contribution in [2.75, 3.05) is 31.6 Å². The van der Waals surface area contributed by atoms with Crippen LogP contribution in [0.4, 0.5) is 0 Å². The van der Waals surface area contributed by atoms with Crippen LogP contribution in [-0.4, -0.2) is 58.8 Å². The Kier molecular flexibility index (Phi) is 5.72. The number of rotatable bonds is 5. The Balaban J connectivity index is 1.62. The number of piperidine rings is 1. The van der Waals surface area contributed by atoms with Gasteiger partial charge in [0.25, 0.3) is 0 Å². The Bertz CT molecular complexity index is 611. The van der Waals surface area contributed by atoms with Crippen molar-refractivity contribution in [3.63, 3.8) is 0 Å². The minimum atomic E-state index is -0.0768. The first-order valence-electron chi connectivity index (χ1n) is 9.25. The molecule has 4 nitrogen and oxygen atoms in total. The molecule has 0 bridgehead atoms. The third-order valence-corrected chi connectivity index (χ3v) is 6.74. The summed E-state index contributed by atoms with van der Waals surface area (Å²) in [5.74, 6) is 2.43. The number of amides is 2. The van der Waals surface area contributed by atoms with Crippen LogP contribution in [0, 0.1) is 0 Å². The topological polar surface area (TPSA) is 40.6 Å². The molecule has 2 aliphatic rings. The number of hydrogen-bond donors (Lipinski definition) is 0. The molecule has 25 heavy (non-hydrogen) atoms. The van der Waals surface area contributed by atoms with Gasteiger partial charge >= 0.3 is 0 Å². The van der Waals surface area contributed by atoms with Gasteiger partial charge in [0.05, 0.1) is 5.92 Å². The van der Waals surface area contributed by atoms with Gasteiger partial charge in [-0.1, -0.05) is 37.3 Å². The van der Waals surface area contributed by atoms with E-state index in [4.69, 9.17) is 0 Å². The quantitative estimate of drug-likeness (QED) is 0.758. The minimum Gasteiger partial charge on any atom is -0.342 e. The maximum Gasteiger partial charge on any atom is 0.230 e. The molecule has 0 aliphatic carbocycles. The number of likely N-dealkylation sites (tertiary alicyclic amines) is 2. The van der Waals surface area contributed by atoms with E-state index in [0.717, 1.165) is 49.4 Å². The summed E-state index contributed by atoms with van der Waals surface area (Å²) in [6.07, 6.45) is 3.30. The van der Waals surface area contributed by atoms with Gasteiger partial charge in [-0.05, 0) is 30.6 Å². The van der Waals surface area contributed by atoms with E-state index in [-0.39, 0.29) is 23.3 Å². The van der Waals surface area contributed by atoms with Crippen LogP contribution in [-0.2, 0) is 9.59 Å². The van der Waals surface area contributed by atoms with Crippen molar-refractivity contribution in [2.24, 2.45) is 0 Å². The zero-order valence-corrected chi connectivity index (χ0v) is 16.1. The number of thioether (sulfide) groups is 1. The van der Waals surface area contributed by atoms with Gasteiger partial charge in [0.1, 0.15) is 0 Å². The second kappa shape index (κ2) is 7.81. The third-order valence-electron chi connectivity index (χ3n) is 5.84. The van der Waals surface area contributed by atoms with Crippen LogP contribution < -0.4 is 0 Å². The van der Waals surface area contributed by atoms with Gasteiger partial charge in [-0.3, -0.25) is 9.59 Å². The van der Waals surface area contributed by atoms with Crippen molar-refractivity contribution in [3.05, 3.63) is 35.9 Å². The third kappa shape index (κ3) is 3.71. The standard InChI is InChI=1S/C20H28N2O2S/c1-3-25-14-9-18(23)22-12-10-20(11-13-22)15-17(19(24)21(20)2)16-7-5-4-6-8-16/h4-8,17H,3,9-15H2,1-2H3/t17-/m1/s1. The van der Waals surface area contributed by atoms with E-state index in [0.29, 0.717) is 6.42 Å². The Hall–Kier alpha value is -1.49. The van der Waals surface area contributed by atoms with Crippen LogP contribution in [0.1, 0.15) is 44.1 Å². The first-order valence-corrected chi connectivity index (χ1v) is 10.4. The lowest BCUT2D eigenvalue weighted by molar-refractivity contribution is -0.135. The fourth-order valence-electron chi connectivity index (χ4n) is 4.19. The molecule has 1 aromatic carbocycles. The molecule has 1 aromatic rings. The number of carbonyl (C=O) groups excluding carboxylic acids is 2. The molecule has 1 atom stereocenters. The van der Waals surface area contributed by atoms with E-state index in [1.54, 1.807) is 0 Å². The predicted molar refractivity (Wildman–Crippen MR) is 103 cm³/mol. The fourth-order valence-corrected chi connectivity index (χ4v) is 4.80. The summed E-state index contributed by atoms with van der Waals surface area (Å²) in [4.78, 5) is 29.1. The Morgan fingerprint density at radius 3 is 2.56 bits per heavy atom. The molecule has 2 aliphatic heterocycles. The SMILES string of the molecule is CCSCCC(=O)N1CCC2(CC1)C[C@H](c1ccccc1)C(=O)N2C. The normalized spacial score (nSPS) is 22.6. The number of hydrogen-bond acceptors (Lipinski definition) is 3. The summed E-state index contributed by atoms with van der Waals surface area (Å²) in [5.41, 5.74) is 1.04. The number of benzene rings is 1. The van der Waals surface area contributed by atoms with Crippen molar-refractivity contribution in [3.8, 4) is 0 Å². The average Bonchev–Trinajstić information content (AvgIpc) is 2.88. The van der Waals surface area contributed by atoms with Crippen molar-refractivity contribution >= 4 is 23.6 Å². The molecule has 2 amide bonds. The van der Waals surface area contributed by atoms with Crippen LogP contribution in [0.15, 0.2) is 30.3 Å². The van der Waals surface area contributed by atoms with E-state index >= 15 is 0 Å². The molecule has 0 N–H and O–H groups in total. The van der Waals surface area contributed by atoms with Crippen LogP contribution in [0.3, 0.4) is 0 Å². The molecule has 0 unspecified atom stereocenters. The molecule has 0 aromatic heterocycles. The molecule has 2 fully saturated rings. The van der Waals surface area contributed by atoms with E-state index in [2.05, 4.69) is 19.1 Å². The lowest BCUT2D eigenvalue weighted by Gasteiger charge is -2.43. The zero-order chi connectivity index (χ0) is 17.9. The summed E-state index contributed by atoms with van der Waals surface area (Å²) in [7, 11) is 1.95. The first-order chi connectivity index (χ1) is 12.1. The highest BCUT2D eigenvalue weighted by molar-refractivity contribution is 7.99. The second-order valence-corrected chi connectivity index (χ2v) is 8.51. The fraction of sp³-hybridized carbons (Fsp3) is 0.600. The molecule has 2 heterocycles. The minimum absolute atomic E-state index is 0.0330. The van der Waals surface area contributed by atoms with E-state index in [1.165, 1.54) is 0 Å².